The average Bonchev–Trinajstić information content (AvgIpc) is 2.75. The summed E-state index contributed by atoms with van der Waals surface area (Å²) in [7, 11) is 1.49. The predicted octanol–water partition coefficient (Wildman–Crippen LogP) is 4.93. The quantitative estimate of drug-likeness (QED) is 0.393. The summed E-state index contributed by atoms with van der Waals surface area (Å²) in [5, 5.41) is 17.2. The van der Waals surface area contributed by atoms with Gasteiger partial charge in [0.15, 0.2) is 11.5 Å². The molecule has 7 nitrogen and oxygen atoms in total. The molecule has 3 aromatic rings. The first-order valence-electron chi connectivity index (χ1n) is 9.79. The third-order valence-electron chi connectivity index (χ3n) is 4.98. The summed E-state index contributed by atoms with van der Waals surface area (Å²) in [6.45, 7) is 2.78. The summed E-state index contributed by atoms with van der Waals surface area (Å²) < 4.78 is 11.8. The van der Waals surface area contributed by atoms with Crippen LogP contribution in [0.15, 0.2) is 42.5 Å². The van der Waals surface area contributed by atoms with Crippen molar-refractivity contribution in [3.63, 3.8) is 0 Å². The number of aromatic carboxylic acids is 1. The minimum Gasteiger partial charge on any atom is -0.494 e. The highest BCUT2D eigenvalue weighted by Crippen LogP contribution is 2.46. The van der Waals surface area contributed by atoms with Crippen molar-refractivity contribution in [3.8, 4) is 17.2 Å². The van der Waals surface area contributed by atoms with Gasteiger partial charge in [0.2, 0.25) is 0 Å². The maximum Gasteiger partial charge on any atom is 0.337 e. The predicted molar refractivity (Wildman–Crippen MR) is 114 cm³/mol. The molecule has 3 N–H and O–H groups in total. The number of carboxylic acids is 1. The summed E-state index contributed by atoms with van der Waals surface area (Å²) in [5.74, 6) is 0.0992. The van der Waals surface area contributed by atoms with Gasteiger partial charge in [0.25, 0.3) is 5.91 Å². The summed E-state index contributed by atoms with van der Waals surface area (Å²) in [6, 6.07) is 12.5. The van der Waals surface area contributed by atoms with Crippen molar-refractivity contribution in [3.05, 3.63) is 53.6 Å². The second-order valence-corrected chi connectivity index (χ2v) is 7.07. The van der Waals surface area contributed by atoms with Crippen molar-refractivity contribution in [1.82, 2.24) is 5.32 Å². The third kappa shape index (κ3) is 3.61. The fourth-order valence-corrected chi connectivity index (χ4v) is 3.38. The molecule has 1 amide bonds. The van der Waals surface area contributed by atoms with Gasteiger partial charge in [-0.3, -0.25) is 4.79 Å². The maximum absolute atomic E-state index is 12.0. The first-order valence-corrected chi connectivity index (χ1v) is 9.79. The van der Waals surface area contributed by atoms with Gasteiger partial charge in [0.05, 0.1) is 23.5 Å². The molecule has 0 fully saturated rings. The second kappa shape index (κ2) is 7.94. The zero-order chi connectivity index (χ0) is 21.3. The lowest BCUT2D eigenvalue weighted by Gasteiger charge is -2.24. The first kappa shape index (κ1) is 19.6. The number of hydrogen-bond donors (Lipinski definition) is 3. The Labute approximate surface area is 173 Å². The van der Waals surface area contributed by atoms with Crippen molar-refractivity contribution >= 4 is 34.0 Å². The van der Waals surface area contributed by atoms with E-state index < -0.39 is 5.97 Å². The van der Waals surface area contributed by atoms with Crippen LogP contribution in [0.1, 0.15) is 40.5 Å². The van der Waals surface area contributed by atoms with Crippen LogP contribution in [0.25, 0.3) is 10.8 Å². The van der Waals surface area contributed by atoms with Crippen LogP contribution in [-0.4, -0.2) is 30.6 Å². The Morgan fingerprint density at radius 1 is 1.10 bits per heavy atom. The molecular formula is C23H22N2O5. The van der Waals surface area contributed by atoms with E-state index in [9.17, 15) is 14.7 Å². The number of rotatable bonds is 6. The lowest BCUT2D eigenvalue weighted by molar-refractivity contribution is 0.0697. The smallest absolute Gasteiger partial charge is 0.337 e. The average molecular weight is 406 g/mol. The fourth-order valence-electron chi connectivity index (χ4n) is 3.38. The molecule has 0 saturated heterocycles. The van der Waals surface area contributed by atoms with Gasteiger partial charge in [0, 0.05) is 12.6 Å². The van der Waals surface area contributed by atoms with Crippen molar-refractivity contribution in [2.75, 3.05) is 19.0 Å². The molecule has 0 atom stereocenters. The van der Waals surface area contributed by atoms with Crippen molar-refractivity contribution in [2.45, 2.75) is 19.8 Å². The molecule has 1 aliphatic rings. The monoisotopic (exact) mass is 406 g/mol. The standard InChI is InChI=1S/C23H22N2O5/c1-3-4-7-29-16-6-5-13-11-19-18(10-14(13)8-16)25-21-17(23(27)28)9-15(22(26)24-2)12-20(21)30-19/h5-6,8-12,25H,3-4,7H2,1-2H3,(H,24,26)(H,27,28). The molecule has 7 heteroatoms. The Bertz CT molecular complexity index is 1160. The second-order valence-electron chi connectivity index (χ2n) is 7.07. The molecule has 154 valence electrons. The number of carboxylic acid groups (broad SMARTS) is 1. The van der Waals surface area contributed by atoms with Crippen LogP contribution >= 0.6 is 0 Å². The Kier molecular flexibility index (Phi) is 5.18. The van der Waals surface area contributed by atoms with Crippen LogP contribution in [0.5, 0.6) is 17.2 Å². The minimum absolute atomic E-state index is 0.0338. The van der Waals surface area contributed by atoms with Crippen LogP contribution < -0.4 is 20.1 Å². The topological polar surface area (TPSA) is 96.9 Å². The molecule has 1 heterocycles. The van der Waals surface area contributed by atoms with Gasteiger partial charge in [0.1, 0.15) is 5.75 Å². The molecule has 0 radical (unpaired) electrons. The normalized spacial score (nSPS) is 11.7. The number of unbranched alkanes of at least 4 members (excludes halogenated alkanes) is 1. The Balaban J connectivity index is 1.73. The van der Waals surface area contributed by atoms with E-state index in [4.69, 9.17) is 9.47 Å². The van der Waals surface area contributed by atoms with Crippen molar-refractivity contribution < 1.29 is 24.2 Å². The largest absolute Gasteiger partial charge is 0.494 e. The summed E-state index contributed by atoms with van der Waals surface area (Å²) in [5.41, 5.74) is 1.15. The summed E-state index contributed by atoms with van der Waals surface area (Å²) >= 11 is 0. The number of hydrogen-bond acceptors (Lipinski definition) is 5. The van der Waals surface area contributed by atoms with Gasteiger partial charge in [-0.05, 0) is 53.6 Å². The highest BCUT2D eigenvalue weighted by molar-refractivity contribution is 6.04. The lowest BCUT2D eigenvalue weighted by Crippen LogP contribution is -2.19. The number of benzene rings is 3. The molecule has 0 aliphatic carbocycles. The number of ether oxygens (including phenoxy) is 2. The van der Waals surface area contributed by atoms with Crippen LogP contribution in [0, 0.1) is 0 Å². The summed E-state index contributed by atoms with van der Waals surface area (Å²) in [6.07, 6.45) is 2.06. The molecule has 0 unspecified atom stereocenters. The van der Waals surface area contributed by atoms with E-state index in [1.54, 1.807) is 0 Å². The molecule has 0 spiro atoms. The fraction of sp³-hybridized carbons (Fsp3) is 0.217. The zero-order valence-electron chi connectivity index (χ0n) is 16.7. The maximum atomic E-state index is 12.0. The lowest BCUT2D eigenvalue weighted by atomic mass is 10.0. The molecule has 3 aromatic carbocycles. The van der Waals surface area contributed by atoms with Crippen LogP contribution in [0.4, 0.5) is 11.4 Å². The van der Waals surface area contributed by atoms with Crippen LogP contribution in [0.2, 0.25) is 0 Å². The molecule has 30 heavy (non-hydrogen) atoms. The van der Waals surface area contributed by atoms with Crippen molar-refractivity contribution in [1.29, 1.82) is 0 Å². The number of carbonyl (C=O) groups excluding carboxylic acids is 1. The van der Waals surface area contributed by atoms with E-state index in [1.807, 2.05) is 30.3 Å². The van der Waals surface area contributed by atoms with Gasteiger partial charge in [-0.1, -0.05) is 19.4 Å². The summed E-state index contributed by atoms with van der Waals surface area (Å²) in [4.78, 5) is 23.8. The van der Waals surface area contributed by atoms with Gasteiger partial charge in [-0.2, -0.15) is 0 Å². The molecule has 0 bridgehead atoms. The van der Waals surface area contributed by atoms with Gasteiger partial charge < -0.3 is 25.2 Å². The molecule has 4 rings (SSSR count). The van der Waals surface area contributed by atoms with E-state index >= 15 is 0 Å². The molecular weight excluding hydrogens is 384 g/mol. The van der Waals surface area contributed by atoms with Crippen LogP contribution in [0.3, 0.4) is 0 Å². The SMILES string of the molecule is CCCCOc1ccc2cc3c(cc2c1)Nc1c(cc(C(=O)NC)cc1C(=O)O)O3. The van der Waals surface area contributed by atoms with E-state index in [0.717, 1.165) is 29.4 Å². The van der Waals surface area contributed by atoms with E-state index in [0.29, 0.717) is 29.5 Å². The first-order chi connectivity index (χ1) is 14.5. The van der Waals surface area contributed by atoms with E-state index in [1.165, 1.54) is 19.2 Å². The highest BCUT2D eigenvalue weighted by Gasteiger charge is 2.25. The number of amides is 1. The van der Waals surface area contributed by atoms with Crippen LogP contribution in [-0.2, 0) is 0 Å². The van der Waals surface area contributed by atoms with E-state index in [-0.39, 0.29) is 17.0 Å². The Hall–Kier alpha value is -3.74. The number of nitrogens with one attached hydrogen (secondary N) is 2. The molecule has 0 aromatic heterocycles. The van der Waals surface area contributed by atoms with E-state index in [2.05, 4.69) is 17.6 Å². The van der Waals surface area contributed by atoms with Crippen molar-refractivity contribution in [2.24, 2.45) is 0 Å². The number of fused-ring (bicyclic) bond motifs is 3. The van der Waals surface area contributed by atoms with Gasteiger partial charge in [-0.15, -0.1) is 0 Å². The minimum atomic E-state index is -1.15. The third-order valence-corrected chi connectivity index (χ3v) is 4.98. The number of carbonyl (C=O) groups is 2. The Morgan fingerprint density at radius 2 is 1.93 bits per heavy atom. The zero-order valence-corrected chi connectivity index (χ0v) is 16.7. The molecule has 0 saturated carbocycles. The molecule has 1 aliphatic heterocycles. The van der Waals surface area contributed by atoms with Gasteiger partial charge >= 0.3 is 5.97 Å². The number of anilines is 2. The van der Waals surface area contributed by atoms with Gasteiger partial charge in [-0.25, -0.2) is 4.79 Å². The highest BCUT2D eigenvalue weighted by atomic mass is 16.5. The Morgan fingerprint density at radius 3 is 2.67 bits per heavy atom.